The lowest BCUT2D eigenvalue weighted by molar-refractivity contribution is -0.147. The van der Waals surface area contributed by atoms with Crippen LogP contribution in [0.15, 0.2) is 0 Å². The zero-order chi connectivity index (χ0) is 9.03. The lowest BCUT2D eigenvalue weighted by Gasteiger charge is -2.22. The molecule has 12 heavy (non-hydrogen) atoms. The minimum absolute atomic E-state index is 0.269. The SMILES string of the molecule is CC(C)CCCC1(C)OCCO1. The molecule has 0 N–H and O–H groups in total. The van der Waals surface area contributed by atoms with E-state index in [9.17, 15) is 0 Å². The largest absolute Gasteiger partial charge is 0.348 e. The first-order chi connectivity index (χ1) is 5.62. The summed E-state index contributed by atoms with van der Waals surface area (Å²) in [5.41, 5.74) is 0. The first-order valence-corrected chi connectivity index (χ1v) is 4.90. The fourth-order valence-corrected chi connectivity index (χ4v) is 1.53. The molecule has 1 aliphatic rings. The van der Waals surface area contributed by atoms with E-state index in [1.54, 1.807) is 0 Å². The first-order valence-electron chi connectivity index (χ1n) is 4.90. The highest BCUT2D eigenvalue weighted by atomic mass is 16.7. The van der Waals surface area contributed by atoms with E-state index < -0.39 is 0 Å². The van der Waals surface area contributed by atoms with Crippen molar-refractivity contribution in [1.82, 2.24) is 0 Å². The Bertz CT molecular complexity index is 126. The molecule has 0 bridgehead atoms. The standard InChI is InChI=1S/C10H20O2/c1-9(2)5-4-6-10(3)11-7-8-12-10/h9H,4-8H2,1-3H3. The van der Waals surface area contributed by atoms with Crippen molar-refractivity contribution in [3.63, 3.8) is 0 Å². The van der Waals surface area contributed by atoms with Gasteiger partial charge in [-0.2, -0.15) is 0 Å². The molecule has 1 rings (SSSR count). The minimum atomic E-state index is -0.269. The summed E-state index contributed by atoms with van der Waals surface area (Å²) in [6, 6.07) is 0. The third kappa shape index (κ3) is 3.11. The summed E-state index contributed by atoms with van der Waals surface area (Å²) in [5, 5.41) is 0. The topological polar surface area (TPSA) is 18.5 Å². The minimum Gasteiger partial charge on any atom is -0.348 e. The predicted octanol–water partition coefficient (Wildman–Crippen LogP) is 2.58. The Morgan fingerprint density at radius 3 is 2.33 bits per heavy atom. The van der Waals surface area contributed by atoms with E-state index in [1.807, 2.05) is 6.92 Å². The molecule has 2 nitrogen and oxygen atoms in total. The molecular weight excluding hydrogens is 152 g/mol. The van der Waals surface area contributed by atoms with Crippen molar-refractivity contribution in [2.75, 3.05) is 13.2 Å². The molecule has 1 heterocycles. The van der Waals surface area contributed by atoms with E-state index in [0.717, 1.165) is 25.6 Å². The van der Waals surface area contributed by atoms with Crippen LogP contribution in [0.5, 0.6) is 0 Å². The molecule has 0 aromatic carbocycles. The van der Waals surface area contributed by atoms with Crippen LogP contribution in [0.1, 0.15) is 40.0 Å². The number of rotatable bonds is 4. The van der Waals surface area contributed by atoms with Crippen LogP contribution in [0.3, 0.4) is 0 Å². The highest BCUT2D eigenvalue weighted by molar-refractivity contribution is 4.68. The summed E-state index contributed by atoms with van der Waals surface area (Å²) in [6.45, 7) is 8.06. The number of ether oxygens (including phenoxy) is 2. The van der Waals surface area contributed by atoms with Crippen molar-refractivity contribution in [3.8, 4) is 0 Å². The molecule has 0 spiro atoms. The van der Waals surface area contributed by atoms with Crippen molar-refractivity contribution in [1.29, 1.82) is 0 Å². The van der Waals surface area contributed by atoms with Crippen molar-refractivity contribution in [2.24, 2.45) is 5.92 Å². The second-order valence-electron chi connectivity index (χ2n) is 4.12. The molecule has 72 valence electrons. The van der Waals surface area contributed by atoms with Gasteiger partial charge < -0.3 is 9.47 Å². The average Bonchev–Trinajstić information content (AvgIpc) is 2.35. The summed E-state index contributed by atoms with van der Waals surface area (Å²) >= 11 is 0. The van der Waals surface area contributed by atoms with Gasteiger partial charge in [-0.15, -0.1) is 0 Å². The Balaban J connectivity index is 2.13. The fraction of sp³-hybridized carbons (Fsp3) is 1.00. The summed E-state index contributed by atoms with van der Waals surface area (Å²) in [6.07, 6.45) is 3.50. The summed E-state index contributed by atoms with van der Waals surface area (Å²) in [5.74, 6) is 0.518. The van der Waals surface area contributed by atoms with Gasteiger partial charge in [-0.25, -0.2) is 0 Å². The van der Waals surface area contributed by atoms with E-state index >= 15 is 0 Å². The third-order valence-electron chi connectivity index (χ3n) is 2.31. The normalized spacial score (nSPS) is 22.0. The van der Waals surface area contributed by atoms with Gasteiger partial charge in [0.2, 0.25) is 0 Å². The van der Waals surface area contributed by atoms with Crippen LogP contribution >= 0.6 is 0 Å². The molecule has 0 unspecified atom stereocenters. The van der Waals surface area contributed by atoms with Gasteiger partial charge in [0, 0.05) is 6.42 Å². The lowest BCUT2D eigenvalue weighted by atomic mass is 10.0. The average molecular weight is 172 g/mol. The third-order valence-corrected chi connectivity index (χ3v) is 2.31. The van der Waals surface area contributed by atoms with Crippen LogP contribution in [0.2, 0.25) is 0 Å². The zero-order valence-electron chi connectivity index (χ0n) is 8.43. The molecule has 0 aliphatic carbocycles. The van der Waals surface area contributed by atoms with E-state index in [4.69, 9.17) is 9.47 Å². The fourth-order valence-electron chi connectivity index (χ4n) is 1.53. The van der Waals surface area contributed by atoms with Crippen molar-refractivity contribution >= 4 is 0 Å². The predicted molar refractivity (Wildman–Crippen MR) is 49.0 cm³/mol. The number of hydrogen-bond acceptors (Lipinski definition) is 2. The molecule has 1 fully saturated rings. The van der Waals surface area contributed by atoms with Crippen molar-refractivity contribution in [2.45, 2.75) is 45.8 Å². The molecule has 0 aromatic heterocycles. The molecule has 2 heteroatoms. The van der Waals surface area contributed by atoms with Gasteiger partial charge in [0.1, 0.15) is 0 Å². The summed E-state index contributed by atoms with van der Waals surface area (Å²) < 4.78 is 11.0. The highest BCUT2D eigenvalue weighted by Gasteiger charge is 2.29. The Labute approximate surface area is 75.2 Å². The van der Waals surface area contributed by atoms with E-state index in [-0.39, 0.29) is 5.79 Å². The van der Waals surface area contributed by atoms with Crippen LogP contribution in [-0.4, -0.2) is 19.0 Å². The Morgan fingerprint density at radius 2 is 1.83 bits per heavy atom. The van der Waals surface area contributed by atoms with Crippen LogP contribution in [0.25, 0.3) is 0 Å². The molecule has 1 aliphatic heterocycles. The molecule has 0 saturated carbocycles. The maximum Gasteiger partial charge on any atom is 0.165 e. The van der Waals surface area contributed by atoms with Gasteiger partial charge >= 0.3 is 0 Å². The Morgan fingerprint density at radius 1 is 1.25 bits per heavy atom. The quantitative estimate of drug-likeness (QED) is 0.649. The van der Waals surface area contributed by atoms with Gasteiger partial charge in [-0.3, -0.25) is 0 Å². The first kappa shape index (κ1) is 10.0. The molecule has 0 aromatic rings. The van der Waals surface area contributed by atoms with Gasteiger partial charge in [-0.1, -0.05) is 20.3 Å². The van der Waals surface area contributed by atoms with E-state index in [1.165, 1.54) is 12.8 Å². The van der Waals surface area contributed by atoms with E-state index in [2.05, 4.69) is 13.8 Å². The van der Waals surface area contributed by atoms with Gasteiger partial charge in [0.05, 0.1) is 13.2 Å². The highest BCUT2D eigenvalue weighted by Crippen LogP contribution is 2.25. The smallest absolute Gasteiger partial charge is 0.165 e. The molecule has 0 radical (unpaired) electrons. The number of hydrogen-bond donors (Lipinski definition) is 0. The molecular formula is C10H20O2. The van der Waals surface area contributed by atoms with Crippen LogP contribution in [-0.2, 0) is 9.47 Å². The van der Waals surface area contributed by atoms with Crippen LogP contribution in [0, 0.1) is 5.92 Å². The molecule has 0 amide bonds. The van der Waals surface area contributed by atoms with Gasteiger partial charge in [0.15, 0.2) is 5.79 Å². The molecule has 0 atom stereocenters. The van der Waals surface area contributed by atoms with Gasteiger partial charge in [0.25, 0.3) is 0 Å². The lowest BCUT2D eigenvalue weighted by Crippen LogP contribution is -2.25. The van der Waals surface area contributed by atoms with E-state index in [0.29, 0.717) is 0 Å². The second kappa shape index (κ2) is 4.24. The maximum atomic E-state index is 5.50. The van der Waals surface area contributed by atoms with Crippen molar-refractivity contribution < 1.29 is 9.47 Å². The van der Waals surface area contributed by atoms with Crippen LogP contribution in [0.4, 0.5) is 0 Å². The van der Waals surface area contributed by atoms with Crippen LogP contribution < -0.4 is 0 Å². The van der Waals surface area contributed by atoms with Crippen molar-refractivity contribution in [3.05, 3.63) is 0 Å². The monoisotopic (exact) mass is 172 g/mol. The summed E-state index contributed by atoms with van der Waals surface area (Å²) in [7, 11) is 0. The summed E-state index contributed by atoms with van der Waals surface area (Å²) in [4.78, 5) is 0. The molecule has 1 saturated heterocycles. The maximum absolute atomic E-state index is 5.50. The Kier molecular flexibility index (Phi) is 3.53. The van der Waals surface area contributed by atoms with Gasteiger partial charge in [-0.05, 0) is 19.3 Å². The second-order valence-corrected chi connectivity index (χ2v) is 4.12. The zero-order valence-corrected chi connectivity index (χ0v) is 8.43. The Hall–Kier alpha value is -0.0800.